The first-order valence-electron chi connectivity index (χ1n) is 9.47. The minimum atomic E-state index is -1.33. The van der Waals surface area contributed by atoms with Crippen molar-refractivity contribution in [3.8, 4) is 0 Å². The first kappa shape index (κ1) is 24.7. The van der Waals surface area contributed by atoms with E-state index in [1.165, 1.54) is 0 Å². The quantitative estimate of drug-likeness (QED) is 0.0860. The lowest BCUT2D eigenvalue weighted by Gasteiger charge is -2.19. The predicted molar refractivity (Wildman–Crippen MR) is 106 cm³/mol. The standard InChI is InChI=1S/C17H29N7O6/c1-9(2)7-21-14(28)11(6-13(26)27)22-12(25)8-24-15(29)10(23-17(24)30)4-3-5-20-16(18)19/h9-11H,3-8H2,1-2H3,(H,21,28)(H,22,25)(H,23,30)(H,26,27)(H4,18,19,20). The lowest BCUT2D eigenvalue weighted by molar-refractivity contribution is -0.141. The van der Waals surface area contributed by atoms with E-state index in [0.717, 1.165) is 0 Å². The average Bonchev–Trinajstić information content (AvgIpc) is 2.89. The number of nitrogens with one attached hydrogen (secondary N) is 3. The van der Waals surface area contributed by atoms with Crippen LogP contribution in [-0.2, 0) is 19.2 Å². The number of aliphatic carboxylic acids is 1. The Bertz CT molecular complexity index is 705. The molecular weight excluding hydrogens is 398 g/mol. The van der Waals surface area contributed by atoms with Crippen LogP contribution in [0.5, 0.6) is 0 Å². The molecule has 0 aromatic carbocycles. The van der Waals surface area contributed by atoms with Crippen molar-refractivity contribution in [2.75, 3.05) is 19.6 Å². The Balaban J connectivity index is 2.64. The molecule has 1 heterocycles. The van der Waals surface area contributed by atoms with Gasteiger partial charge in [-0.1, -0.05) is 13.8 Å². The number of aliphatic imine (C=N–C) groups is 1. The van der Waals surface area contributed by atoms with Gasteiger partial charge in [-0.25, -0.2) is 4.79 Å². The van der Waals surface area contributed by atoms with Gasteiger partial charge in [-0.05, 0) is 18.8 Å². The second-order valence-electron chi connectivity index (χ2n) is 7.23. The summed E-state index contributed by atoms with van der Waals surface area (Å²) < 4.78 is 0. The fourth-order valence-electron chi connectivity index (χ4n) is 2.62. The summed E-state index contributed by atoms with van der Waals surface area (Å²) in [6.45, 7) is 3.67. The molecule has 1 aliphatic heterocycles. The lowest BCUT2D eigenvalue weighted by atomic mass is 10.1. The zero-order valence-electron chi connectivity index (χ0n) is 17.0. The minimum Gasteiger partial charge on any atom is -0.481 e. The van der Waals surface area contributed by atoms with Crippen molar-refractivity contribution in [1.29, 1.82) is 0 Å². The molecular formula is C17H29N7O6. The van der Waals surface area contributed by atoms with E-state index in [-0.39, 0.29) is 24.8 Å². The summed E-state index contributed by atoms with van der Waals surface area (Å²) in [5.74, 6) is -3.32. The topological polar surface area (TPSA) is 209 Å². The van der Waals surface area contributed by atoms with E-state index in [1.54, 1.807) is 0 Å². The largest absolute Gasteiger partial charge is 0.481 e. The Kier molecular flexibility index (Phi) is 9.52. The fraction of sp³-hybridized carbons (Fsp3) is 0.647. The Hall–Kier alpha value is -3.38. The third kappa shape index (κ3) is 8.32. The summed E-state index contributed by atoms with van der Waals surface area (Å²) in [5, 5.41) is 16.3. The van der Waals surface area contributed by atoms with Crippen molar-refractivity contribution in [3.05, 3.63) is 0 Å². The molecule has 0 aromatic heterocycles. The van der Waals surface area contributed by atoms with Crippen molar-refractivity contribution in [2.45, 2.75) is 45.2 Å². The van der Waals surface area contributed by atoms with Crippen LogP contribution in [0, 0.1) is 5.92 Å². The maximum Gasteiger partial charge on any atom is 0.325 e. The van der Waals surface area contributed by atoms with Gasteiger partial charge >= 0.3 is 12.0 Å². The van der Waals surface area contributed by atoms with E-state index >= 15 is 0 Å². The average molecular weight is 427 g/mol. The Morgan fingerprint density at radius 3 is 2.50 bits per heavy atom. The van der Waals surface area contributed by atoms with Gasteiger partial charge in [0.2, 0.25) is 11.8 Å². The second-order valence-corrected chi connectivity index (χ2v) is 7.23. The van der Waals surface area contributed by atoms with E-state index in [0.29, 0.717) is 17.9 Å². The van der Waals surface area contributed by atoms with E-state index in [9.17, 15) is 24.0 Å². The van der Waals surface area contributed by atoms with Crippen LogP contribution in [0.1, 0.15) is 33.1 Å². The van der Waals surface area contributed by atoms with E-state index in [4.69, 9.17) is 16.6 Å². The molecule has 2 atom stereocenters. The molecule has 1 aliphatic rings. The number of carboxylic acids is 1. The summed E-state index contributed by atoms with van der Waals surface area (Å²) in [6.07, 6.45) is 0.0767. The van der Waals surface area contributed by atoms with Crippen molar-refractivity contribution in [1.82, 2.24) is 20.9 Å². The number of rotatable bonds is 12. The number of amides is 5. The normalized spacial score (nSPS) is 16.8. The number of carboxylic acid groups (broad SMARTS) is 1. The van der Waals surface area contributed by atoms with Gasteiger partial charge in [0, 0.05) is 13.1 Å². The fourth-order valence-corrected chi connectivity index (χ4v) is 2.62. The van der Waals surface area contributed by atoms with Crippen LogP contribution in [0.3, 0.4) is 0 Å². The van der Waals surface area contributed by atoms with Crippen molar-refractivity contribution in [2.24, 2.45) is 22.4 Å². The lowest BCUT2D eigenvalue weighted by Crippen LogP contribution is -2.51. The third-order valence-corrected chi connectivity index (χ3v) is 4.07. The molecule has 0 aromatic rings. The van der Waals surface area contributed by atoms with Gasteiger partial charge < -0.3 is 32.5 Å². The molecule has 13 heteroatoms. The van der Waals surface area contributed by atoms with Crippen LogP contribution >= 0.6 is 0 Å². The molecule has 1 saturated heterocycles. The van der Waals surface area contributed by atoms with Gasteiger partial charge in [0.25, 0.3) is 5.91 Å². The maximum atomic E-state index is 12.4. The molecule has 1 fully saturated rings. The van der Waals surface area contributed by atoms with Crippen LogP contribution in [0.2, 0.25) is 0 Å². The second kappa shape index (κ2) is 11.6. The molecule has 30 heavy (non-hydrogen) atoms. The molecule has 0 bridgehead atoms. The number of urea groups is 1. The smallest absolute Gasteiger partial charge is 0.325 e. The molecule has 0 aliphatic carbocycles. The van der Waals surface area contributed by atoms with Crippen LogP contribution in [-0.4, -0.2) is 77.4 Å². The Labute approximate surface area is 173 Å². The number of hydrogen-bond acceptors (Lipinski definition) is 6. The molecule has 5 amide bonds. The molecule has 1 rings (SSSR count). The van der Waals surface area contributed by atoms with Crippen LogP contribution < -0.4 is 27.4 Å². The highest BCUT2D eigenvalue weighted by atomic mass is 16.4. The Morgan fingerprint density at radius 2 is 1.93 bits per heavy atom. The van der Waals surface area contributed by atoms with Gasteiger partial charge in [-0.3, -0.25) is 29.1 Å². The molecule has 168 valence electrons. The SMILES string of the molecule is CC(C)CNC(=O)C(CC(=O)O)NC(=O)CN1C(=O)NC(CCCN=C(N)N)C1=O. The number of nitrogens with zero attached hydrogens (tertiary/aromatic N) is 2. The highest BCUT2D eigenvalue weighted by molar-refractivity contribution is 6.06. The van der Waals surface area contributed by atoms with Crippen LogP contribution in [0.15, 0.2) is 4.99 Å². The molecule has 0 saturated carbocycles. The van der Waals surface area contributed by atoms with E-state index in [1.807, 2.05) is 13.8 Å². The van der Waals surface area contributed by atoms with Crippen molar-refractivity contribution in [3.63, 3.8) is 0 Å². The first-order valence-corrected chi connectivity index (χ1v) is 9.47. The van der Waals surface area contributed by atoms with Crippen LogP contribution in [0.4, 0.5) is 4.79 Å². The highest BCUT2D eigenvalue weighted by Crippen LogP contribution is 2.11. The number of carbonyl (C=O) groups is 5. The molecule has 13 nitrogen and oxygen atoms in total. The van der Waals surface area contributed by atoms with E-state index in [2.05, 4.69) is 20.9 Å². The summed E-state index contributed by atoms with van der Waals surface area (Å²) in [6, 6.07) is -2.89. The number of carbonyl (C=O) groups excluding carboxylic acids is 4. The summed E-state index contributed by atoms with van der Waals surface area (Å²) in [4.78, 5) is 64.3. The van der Waals surface area contributed by atoms with Gasteiger partial charge in [0.05, 0.1) is 6.42 Å². The van der Waals surface area contributed by atoms with Crippen molar-refractivity contribution < 1.29 is 29.1 Å². The first-order chi connectivity index (χ1) is 14.0. The summed E-state index contributed by atoms with van der Waals surface area (Å²) in [5.41, 5.74) is 10.4. The van der Waals surface area contributed by atoms with Gasteiger partial charge in [-0.15, -0.1) is 0 Å². The van der Waals surface area contributed by atoms with Gasteiger partial charge in [-0.2, -0.15) is 0 Å². The molecule has 2 unspecified atom stereocenters. The number of nitrogens with two attached hydrogens (primary N) is 2. The molecule has 0 spiro atoms. The Morgan fingerprint density at radius 1 is 1.27 bits per heavy atom. The molecule has 0 radical (unpaired) electrons. The summed E-state index contributed by atoms with van der Waals surface area (Å²) >= 11 is 0. The monoisotopic (exact) mass is 427 g/mol. The third-order valence-electron chi connectivity index (χ3n) is 4.07. The molecule has 8 N–H and O–H groups in total. The number of guanidine groups is 1. The van der Waals surface area contributed by atoms with Gasteiger partial charge in [0.1, 0.15) is 18.6 Å². The highest BCUT2D eigenvalue weighted by Gasteiger charge is 2.39. The van der Waals surface area contributed by atoms with Crippen LogP contribution in [0.25, 0.3) is 0 Å². The van der Waals surface area contributed by atoms with E-state index < -0.39 is 54.8 Å². The zero-order chi connectivity index (χ0) is 22.8. The predicted octanol–water partition coefficient (Wildman–Crippen LogP) is -2.31. The number of hydrogen-bond donors (Lipinski definition) is 6. The zero-order valence-corrected chi connectivity index (χ0v) is 17.0. The summed E-state index contributed by atoms with van der Waals surface area (Å²) in [7, 11) is 0. The maximum absolute atomic E-state index is 12.4. The number of imide groups is 1. The minimum absolute atomic E-state index is 0.0802. The van der Waals surface area contributed by atoms with Crippen molar-refractivity contribution >= 4 is 35.7 Å². The van der Waals surface area contributed by atoms with Gasteiger partial charge in [0.15, 0.2) is 5.96 Å².